The summed E-state index contributed by atoms with van der Waals surface area (Å²) in [4.78, 5) is 2.12. The molecule has 0 radical (unpaired) electrons. The van der Waals surface area contributed by atoms with Gasteiger partial charge >= 0.3 is 0 Å². The van der Waals surface area contributed by atoms with Gasteiger partial charge in [-0.15, -0.1) is 0 Å². The highest BCUT2D eigenvalue weighted by Gasteiger charge is 2.11. The Labute approximate surface area is 106 Å². The molecule has 0 aliphatic carbocycles. The van der Waals surface area contributed by atoms with Crippen molar-refractivity contribution in [1.82, 2.24) is 0 Å². The van der Waals surface area contributed by atoms with E-state index in [2.05, 4.69) is 57.1 Å². The van der Waals surface area contributed by atoms with Crippen LogP contribution < -0.4 is 10.6 Å². The van der Waals surface area contributed by atoms with E-state index in [1.165, 1.54) is 24.1 Å². The van der Waals surface area contributed by atoms with E-state index in [1.807, 2.05) is 0 Å². The minimum atomic E-state index is 0.163. The van der Waals surface area contributed by atoms with Crippen LogP contribution in [0.2, 0.25) is 0 Å². The molecule has 0 aliphatic heterocycles. The quantitative estimate of drug-likeness (QED) is 0.815. The van der Waals surface area contributed by atoms with Gasteiger partial charge in [-0.3, -0.25) is 0 Å². The minimum absolute atomic E-state index is 0.163. The van der Waals surface area contributed by atoms with Crippen molar-refractivity contribution in [3.63, 3.8) is 0 Å². The van der Waals surface area contributed by atoms with Crippen LogP contribution in [0.4, 0.5) is 5.69 Å². The van der Waals surface area contributed by atoms with Crippen molar-refractivity contribution in [1.29, 1.82) is 0 Å². The molecule has 0 saturated heterocycles. The summed E-state index contributed by atoms with van der Waals surface area (Å²) < 4.78 is 0. The highest BCUT2D eigenvalue weighted by atomic mass is 15.1. The number of hydrogen-bond donors (Lipinski definition) is 1. The Bertz CT molecular complexity index is 333. The Kier molecular flexibility index (Phi) is 5.49. The summed E-state index contributed by atoms with van der Waals surface area (Å²) in [5, 5.41) is 0. The standard InChI is InChI=1S/C15H26N2/c1-5-7-12(2)10-15(16)13-8-6-9-14(11-13)17(3)4/h6,8-9,11-12,15H,5,7,10,16H2,1-4H3. The summed E-state index contributed by atoms with van der Waals surface area (Å²) in [7, 11) is 4.12. The van der Waals surface area contributed by atoms with E-state index in [9.17, 15) is 0 Å². The number of hydrogen-bond acceptors (Lipinski definition) is 2. The van der Waals surface area contributed by atoms with Crippen molar-refractivity contribution in [2.24, 2.45) is 11.7 Å². The molecule has 1 aromatic rings. The van der Waals surface area contributed by atoms with Gasteiger partial charge < -0.3 is 10.6 Å². The Morgan fingerprint density at radius 2 is 2.00 bits per heavy atom. The van der Waals surface area contributed by atoms with Gasteiger partial charge in [0.05, 0.1) is 0 Å². The van der Waals surface area contributed by atoms with Crippen molar-refractivity contribution >= 4 is 5.69 Å². The molecule has 96 valence electrons. The van der Waals surface area contributed by atoms with Crippen molar-refractivity contribution in [3.8, 4) is 0 Å². The number of benzene rings is 1. The summed E-state index contributed by atoms with van der Waals surface area (Å²) in [5.74, 6) is 0.706. The summed E-state index contributed by atoms with van der Waals surface area (Å²) >= 11 is 0. The van der Waals surface area contributed by atoms with E-state index < -0.39 is 0 Å². The van der Waals surface area contributed by atoms with Gasteiger partial charge in [-0.1, -0.05) is 38.8 Å². The molecule has 0 fully saturated rings. The fourth-order valence-electron chi connectivity index (χ4n) is 2.21. The second-order valence-corrected chi connectivity index (χ2v) is 5.23. The van der Waals surface area contributed by atoms with Gasteiger partial charge in [0.25, 0.3) is 0 Å². The monoisotopic (exact) mass is 234 g/mol. The van der Waals surface area contributed by atoms with Crippen LogP contribution in [-0.2, 0) is 0 Å². The minimum Gasteiger partial charge on any atom is -0.378 e. The van der Waals surface area contributed by atoms with E-state index in [1.54, 1.807) is 0 Å². The van der Waals surface area contributed by atoms with Crippen LogP contribution in [0, 0.1) is 5.92 Å². The first-order valence-corrected chi connectivity index (χ1v) is 6.57. The molecule has 2 N–H and O–H groups in total. The average molecular weight is 234 g/mol. The number of anilines is 1. The molecule has 1 rings (SSSR count). The van der Waals surface area contributed by atoms with Crippen LogP contribution in [-0.4, -0.2) is 14.1 Å². The lowest BCUT2D eigenvalue weighted by molar-refractivity contribution is 0.440. The number of nitrogens with two attached hydrogens (primary N) is 1. The molecule has 0 amide bonds. The number of rotatable bonds is 6. The SMILES string of the molecule is CCCC(C)CC(N)c1cccc(N(C)C)c1. The van der Waals surface area contributed by atoms with Crippen LogP contribution in [0.15, 0.2) is 24.3 Å². The first-order chi connectivity index (χ1) is 8.04. The molecule has 0 aromatic heterocycles. The van der Waals surface area contributed by atoms with Gasteiger partial charge in [-0.25, -0.2) is 0 Å². The fourth-order valence-corrected chi connectivity index (χ4v) is 2.21. The third kappa shape index (κ3) is 4.39. The molecule has 0 saturated carbocycles. The first kappa shape index (κ1) is 14.0. The molecule has 2 unspecified atom stereocenters. The molecular weight excluding hydrogens is 208 g/mol. The van der Waals surface area contributed by atoms with Crippen molar-refractivity contribution < 1.29 is 0 Å². The maximum atomic E-state index is 6.28. The summed E-state index contributed by atoms with van der Waals surface area (Å²) in [6.07, 6.45) is 3.58. The van der Waals surface area contributed by atoms with Gasteiger partial charge in [0.15, 0.2) is 0 Å². The Morgan fingerprint density at radius 1 is 1.29 bits per heavy atom. The van der Waals surface area contributed by atoms with E-state index in [0.717, 1.165) is 6.42 Å². The Morgan fingerprint density at radius 3 is 2.59 bits per heavy atom. The predicted octanol–water partition coefficient (Wildman–Crippen LogP) is 3.58. The molecule has 1 aromatic carbocycles. The topological polar surface area (TPSA) is 29.3 Å². The van der Waals surface area contributed by atoms with Crippen LogP contribution in [0.1, 0.15) is 44.7 Å². The normalized spacial score (nSPS) is 14.4. The van der Waals surface area contributed by atoms with Crippen LogP contribution in [0.3, 0.4) is 0 Å². The van der Waals surface area contributed by atoms with Gasteiger partial charge in [-0.2, -0.15) is 0 Å². The summed E-state index contributed by atoms with van der Waals surface area (Å²) in [5.41, 5.74) is 8.75. The molecule has 0 bridgehead atoms. The molecule has 0 spiro atoms. The molecule has 2 atom stereocenters. The van der Waals surface area contributed by atoms with E-state index >= 15 is 0 Å². The Hall–Kier alpha value is -1.02. The lowest BCUT2D eigenvalue weighted by Gasteiger charge is -2.19. The summed E-state index contributed by atoms with van der Waals surface area (Å²) in [6, 6.07) is 8.71. The second-order valence-electron chi connectivity index (χ2n) is 5.23. The van der Waals surface area contributed by atoms with Gasteiger partial charge in [-0.05, 0) is 30.0 Å². The molecule has 0 aliphatic rings. The zero-order valence-electron chi connectivity index (χ0n) is 11.6. The van der Waals surface area contributed by atoms with Crippen molar-refractivity contribution in [2.45, 2.75) is 39.2 Å². The highest BCUT2D eigenvalue weighted by Crippen LogP contribution is 2.24. The molecule has 17 heavy (non-hydrogen) atoms. The largest absolute Gasteiger partial charge is 0.378 e. The van der Waals surface area contributed by atoms with E-state index in [-0.39, 0.29) is 6.04 Å². The average Bonchev–Trinajstić information content (AvgIpc) is 2.29. The maximum Gasteiger partial charge on any atom is 0.0364 e. The first-order valence-electron chi connectivity index (χ1n) is 6.57. The maximum absolute atomic E-state index is 6.28. The van der Waals surface area contributed by atoms with Gasteiger partial charge in [0.1, 0.15) is 0 Å². The second kappa shape index (κ2) is 6.65. The third-order valence-electron chi connectivity index (χ3n) is 3.25. The van der Waals surface area contributed by atoms with Gasteiger partial charge in [0, 0.05) is 25.8 Å². The zero-order chi connectivity index (χ0) is 12.8. The highest BCUT2D eigenvalue weighted by molar-refractivity contribution is 5.47. The van der Waals surface area contributed by atoms with E-state index in [0.29, 0.717) is 5.92 Å². The van der Waals surface area contributed by atoms with Crippen LogP contribution in [0.25, 0.3) is 0 Å². The molecule has 2 heteroatoms. The lowest BCUT2D eigenvalue weighted by Crippen LogP contribution is -2.15. The van der Waals surface area contributed by atoms with Gasteiger partial charge in [0.2, 0.25) is 0 Å². The lowest BCUT2D eigenvalue weighted by atomic mass is 9.93. The van der Waals surface area contributed by atoms with E-state index in [4.69, 9.17) is 5.73 Å². The van der Waals surface area contributed by atoms with Crippen LogP contribution >= 0.6 is 0 Å². The van der Waals surface area contributed by atoms with Crippen molar-refractivity contribution in [3.05, 3.63) is 29.8 Å². The smallest absolute Gasteiger partial charge is 0.0364 e. The molecule has 0 heterocycles. The Balaban J connectivity index is 2.68. The molecular formula is C15H26N2. The van der Waals surface area contributed by atoms with Crippen molar-refractivity contribution in [2.75, 3.05) is 19.0 Å². The zero-order valence-corrected chi connectivity index (χ0v) is 11.6. The number of nitrogens with zero attached hydrogens (tertiary/aromatic N) is 1. The molecule has 2 nitrogen and oxygen atoms in total. The third-order valence-corrected chi connectivity index (χ3v) is 3.25. The summed E-state index contributed by atoms with van der Waals surface area (Å²) in [6.45, 7) is 4.52. The fraction of sp³-hybridized carbons (Fsp3) is 0.600. The predicted molar refractivity (Wildman–Crippen MR) is 76.4 cm³/mol. The van der Waals surface area contributed by atoms with Crippen LogP contribution in [0.5, 0.6) is 0 Å².